The van der Waals surface area contributed by atoms with E-state index in [9.17, 15) is 4.79 Å². The molecule has 13 heavy (non-hydrogen) atoms. The summed E-state index contributed by atoms with van der Waals surface area (Å²) in [6.45, 7) is 0. The highest BCUT2D eigenvalue weighted by molar-refractivity contribution is 5.87. The van der Waals surface area contributed by atoms with Crippen molar-refractivity contribution >= 4 is 16.9 Å². The van der Waals surface area contributed by atoms with E-state index in [4.69, 9.17) is 21.3 Å². The van der Waals surface area contributed by atoms with E-state index in [0.717, 1.165) is 0 Å². The van der Waals surface area contributed by atoms with Crippen LogP contribution in [0.15, 0.2) is 9.21 Å². The lowest BCUT2D eigenvalue weighted by Crippen LogP contribution is -2.21. The van der Waals surface area contributed by atoms with Gasteiger partial charge in [0.1, 0.15) is 5.69 Å². The summed E-state index contributed by atoms with van der Waals surface area (Å²) in [7, 11) is 0. The number of furan rings is 1. The molecule has 2 rings (SSSR count). The van der Waals surface area contributed by atoms with Crippen LogP contribution in [0.4, 0.5) is 5.69 Å². The molecule has 8 nitrogen and oxygen atoms in total. The maximum absolute atomic E-state index is 10.8. The molecule has 0 unspecified atom stereocenters. The predicted octanol–water partition coefficient (Wildman–Crippen LogP) is -0.842. The van der Waals surface area contributed by atoms with Gasteiger partial charge in [-0.25, -0.2) is 4.79 Å². The van der Waals surface area contributed by atoms with Crippen LogP contribution in [0.3, 0.4) is 0 Å². The first-order valence-electron chi connectivity index (χ1n) is 3.17. The number of hydrogen-bond donors (Lipinski definition) is 4. The summed E-state index contributed by atoms with van der Waals surface area (Å²) >= 11 is 0. The second kappa shape index (κ2) is 1.91. The zero-order chi connectivity index (χ0) is 9.75. The Hall–Kier alpha value is -2.25. The molecule has 0 aromatic carbocycles. The van der Waals surface area contributed by atoms with E-state index in [-0.39, 0.29) is 20.7 Å². The molecule has 0 fully saturated rings. The number of aromatic nitrogens is 2. The van der Waals surface area contributed by atoms with Crippen LogP contribution >= 0.6 is 0 Å². The molecule has 0 bridgehead atoms. The predicted molar refractivity (Wildman–Crippen MR) is 38.9 cm³/mol. The third kappa shape index (κ3) is 0.662. The van der Waals surface area contributed by atoms with Gasteiger partial charge in [0.05, 0.1) is 0 Å². The zero-order valence-electron chi connectivity index (χ0n) is 6.13. The second-order valence-electron chi connectivity index (χ2n) is 2.38. The molecule has 0 atom stereocenters. The van der Waals surface area contributed by atoms with E-state index in [1.165, 1.54) is 0 Å². The van der Waals surface area contributed by atoms with Crippen LogP contribution in [-0.2, 0) is 0 Å². The SMILES string of the molecule is Nc1c(O)oc2c1n(O)c(=O)n2O. The number of hydrogen-bond acceptors (Lipinski definition) is 6. The van der Waals surface area contributed by atoms with E-state index in [0.29, 0.717) is 0 Å². The average molecular weight is 187 g/mol. The number of nitrogens with zero attached hydrogens (tertiary/aromatic N) is 2. The summed E-state index contributed by atoms with van der Waals surface area (Å²) in [5.74, 6) is -0.671. The molecule has 0 spiro atoms. The molecule has 2 aromatic heterocycles. The highest BCUT2D eigenvalue weighted by atomic mass is 16.6. The Balaban J connectivity index is 3.10. The highest BCUT2D eigenvalue weighted by Crippen LogP contribution is 2.31. The van der Waals surface area contributed by atoms with Gasteiger partial charge in [-0.05, 0) is 0 Å². The number of rotatable bonds is 0. The number of aromatic hydroxyl groups is 1. The third-order valence-electron chi connectivity index (χ3n) is 1.65. The van der Waals surface area contributed by atoms with Crippen LogP contribution in [0.1, 0.15) is 0 Å². The van der Waals surface area contributed by atoms with E-state index in [2.05, 4.69) is 4.42 Å². The maximum Gasteiger partial charge on any atom is 0.397 e. The molecule has 0 amide bonds. The van der Waals surface area contributed by atoms with Gasteiger partial charge >= 0.3 is 11.6 Å². The van der Waals surface area contributed by atoms with Crippen LogP contribution in [-0.4, -0.2) is 25.0 Å². The van der Waals surface area contributed by atoms with Crippen molar-refractivity contribution < 1.29 is 19.9 Å². The quantitative estimate of drug-likeness (QED) is 0.398. The fraction of sp³-hybridized carbons (Fsp3) is 0. The molecule has 2 aromatic rings. The normalized spacial score (nSPS) is 11.1. The van der Waals surface area contributed by atoms with Gasteiger partial charge in [0.25, 0.3) is 5.71 Å². The Kier molecular flexibility index (Phi) is 1.09. The van der Waals surface area contributed by atoms with Crippen LogP contribution < -0.4 is 11.4 Å². The number of imidazole rings is 1. The lowest BCUT2D eigenvalue weighted by atomic mass is 10.5. The Morgan fingerprint density at radius 1 is 1.31 bits per heavy atom. The topological polar surface area (TPSA) is 127 Å². The van der Waals surface area contributed by atoms with E-state index < -0.39 is 17.3 Å². The number of fused-ring (bicyclic) bond motifs is 1. The first kappa shape index (κ1) is 7.40. The molecular weight excluding hydrogens is 182 g/mol. The van der Waals surface area contributed by atoms with Crippen molar-refractivity contribution in [3.05, 3.63) is 10.5 Å². The molecule has 0 radical (unpaired) electrons. The van der Waals surface area contributed by atoms with Gasteiger partial charge in [0.15, 0.2) is 5.52 Å². The summed E-state index contributed by atoms with van der Waals surface area (Å²) in [4.78, 5) is 10.8. The first-order chi connectivity index (χ1) is 6.04. The molecule has 0 saturated heterocycles. The van der Waals surface area contributed by atoms with Crippen molar-refractivity contribution in [1.82, 2.24) is 9.46 Å². The molecule has 5 N–H and O–H groups in total. The number of anilines is 1. The van der Waals surface area contributed by atoms with E-state index in [1.54, 1.807) is 0 Å². The molecular formula is C5H5N3O5. The van der Waals surface area contributed by atoms with Crippen LogP contribution in [0.2, 0.25) is 0 Å². The fourth-order valence-electron chi connectivity index (χ4n) is 1.03. The van der Waals surface area contributed by atoms with Crippen LogP contribution in [0, 0.1) is 0 Å². The number of nitrogens with two attached hydrogens (primary N) is 1. The Bertz CT molecular complexity index is 532. The van der Waals surface area contributed by atoms with Crippen molar-refractivity contribution in [2.75, 3.05) is 5.73 Å². The van der Waals surface area contributed by atoms with Gasteiger partial charge in [-0.15, -0.1) is 4.73 Å². The van der Waals surface area contributed by atoms with Crippen molar-refractivity contribution in [2.45, 2.75) is 0 Å². The van der Waals surface area contributed by atoms with Crippen molar-refractivity contribution in [3.8, 4) is 5.95 Å². The Labute approximate surface area is 69.5 Å². The van der Waals surface area contributed by atoms with Gasteiger partial charge in [-0.2, -0.15) is 0 Å². The molecule has 0 aliphatic heterocycles. The first-order valence-corrected chi connectivity index (χ1v) is 3.17. The average Bonchev–Trinajstić information content (AvgIpc) is 2.48. The van der Waals surface area contributed by atoms with Crippen molar-refractivity contribution in [2.24, 2.45) is 0 Å². The second-order valence-corrected chi connectivity index (χ2v) is 2.38. The van der Waals surface area contributed by atoms with Gasteiger partial charge in [-0.3, -0.25) is 0 Å². The van der Waals surface area contributed by atoms with Gasteiger partial charge < -0.3 is 25.7 Å². The van der Waals surface area contributed by atoms with Crippen molar-refractivity contribution in [1.29, 1.82) is 0 Å². The standard InChI is InChI=1S/C5H5N3O5/c6-1-2-3(13-4(1)9)8(12)5(10)7(2)11/h9,11-12H,6H2. The lowest BCUT2D eigenvalue weighted by Gasteiger charge is -1.88. The Morgan fingerprint density at radius 3 is 2.46 bits per heavy atom. The summed E-state index contributed by atoms with van der Waals surface area (Å²) < 4.78 is 4.60. The lowest BCUT2D eigenvalue weighted by molar-refractivity contribution is 0.131. The molecule has 2 heterocycles. The molecule has 0 aliphatic carbocycles. The van der Waals surface area contributed by atoms with Gasteiger partial charge in [0.2, 0.25) is 0 Å². The van der Waals surface area contributed by atoms with Crippen LogP contribution in [0.5, 0.6) is 5.95 Å². The number of nitrogen functional groups attached to an aromatic ring is 1. The van der Waals surface area contributed by atoms with Crippen molar-refractivity contribution in [3.63, 3.8) is 0 Å². The summed E-state index contributed by atoms with van der Waals surface area (Å²) in [5.41, 5.74) is 3.10. The minimum atomic E-state index is -1.12. The monoisotopic (exact) mass is 187 g/mol. The smallest absolute Gasteiger partial charge is 0.397 e. The summed E-state index contributed by atoms with van der Waals surface area (Å²) in [6.07, 6.45) is 0. The van der Waals surface area contributed by atoms with Gasteiger partial charge in [0, 0.05) is 0 Å². The molecule has 0 saturated carbocycles. The van der Waals surface area contributed by atoms with E-state index in [1.807, 2.05) is 0 Å². The molecule has 8 heteroatoms. The minimum Gasteiger partial charge on any atom is -0.479 e. The minimum absolute atomic E-state index is 0.0331. The zero-order valence-corrected chi connectivity index (χ0v) is 6.13. The summed E-state index contributed by atoms with van der Waals surface area (Å²) in [5, 5.41) is 27.0. The fourth-order valence-corrected chi connectivity index (χ4v) is 1.03. The molecule has 70 valence electrons. The van der Waals surface area contributed by atoms with Crippen LogP contribution in [0.25, 0.3) is 11.2 Å². The van der Waals surface area contributed by atoms with E-state index >= 15 is 0 Å². The Morgan fingerprint density at radius 2 is 1.92 bits per heavy atom. The maximum atomic E-state index is 10.8. The third-order valence-corrected chi connectivity index (χ3v) is 1.65. The van der Waals surface area contributed by atoms with Gasteiger partial charge in [-0.1, -0.05) is 4.73 Å². The highest BCUT2D eigenvalue weighted by Gasteiger charge is 2.22. The largest absolute Gasteiger partial charge is 0.479 e. The summed E-state index contributed by atoms with van der Waals surface area (Å²) in [6, 6.07) is 0. The molecule has 0 aliphatic rings.